The number of rotatable bonds is 9. The van der Waals surface area contributed by atoms with E-state index >= 15 is 0 Å². The Balaban J connectivity index is 2.15. The van der Waals surface area contributed by atoms with Crippen LogP contribution in [-0.4, -0.2) is 149 Å². The fourth-order valence-corrected chi connectivity index (χ4v) is 3.97. The summed E-state index contributed by atoms with van der Waals surface area (Å²) < 4.78 is 0. The molecule has 12 heteroatoms. The largest absolute Gasteiger partial charge is 0.480 e. The molecule has 2 aliphatic heterocycles. The van der Waals surface area contributed by atoms with Crippen LogP contribution in [0.15, 0.2) is 16.8 Å². The number of carboxylic acids is 3. The highest BCUT2D eigenvalue weighted by molar-refractivity contribution is 5.88. The maximum atomic E-state index is 11.3. The molecule has 0 atom stereocenters. The van der Waals surface area contributed by atoms with E-state index in [2.05, 4.69) is 9.89 Å². The summed E-state index contributed by atoms with van der Waals surface area (Å²) in [4.78, 5) is 45.9. The average Bonchev–Trinajstić information content (AvgIpc) is 2.74. The maximum Gasteiger partial charge on any atom is 0.317 e. The highest BCUT2D eigenvalue weighted by atomic mass is 16.4. The average molecular weight is 470 g/mol. The zero-order valence-corrected chi connectivity index (χ0v) is 18.9. The van der Waals surface area contributed by atoms with Crippen LogP contribution >= 0.6 is 0 Å². The van der Waals surface area contributed by atoms with Crippen molar-refractivity contribution in [3.63, 3.8) is 0 Å². The second-order valence-electron chi connectivity index (χ2n) is 8.36. The molecule has 0 aromatic heterocycles. The second-order valence-corrected chi connectivity index (χ2v) is 8.36. The van der Waals surface area contributed by atoms with Gasteiger partial charge in [-0.1, -0.05) is 6.08 Å². The number of aliphatic carboxylic acids is 3. The molecule has 4 N–H and O–H groups in total. The van der Waals surface area contributed by atoms with Gasteiger partial charge in [0.25, 0.3) is 0 Å². The van der Waals surface area contributed by atoms with Crippen molar-refractivity contribution in [2.24, 2.45) is 4.99 Å². The summed E-state index contributed by atoms with van der Waals surface area (Å²) in [6, 6.07) is 0. The van der Waals surface area contributed by atoms with E-state index in [0.29, 0.717) is 64.6 Å². The Morgan fingerprint density at radius 1 is 0.727 bits per heavy atom. The standard InChI is InChI=1S/C21H35N5O7/c27-16-18-3-1-2-17(22-18)12-23-4-6-24(13-19(28)29)8-10-26(15-21(32)33)11-9-25(7-5-23)14-20(30)31/h3,27H,1-2,4-16H2,(H,28,29)(H,30,31)(H,32,33). The first-order chi connectivity index (χ1) is 15.7. The number of allylic oxidation sites excluding steroid dienone is 1. The molecule has 0 aromatic carbocycles. The van der Waals surface area contributed by atoms with Crippen molar-refractivity contribution in [1.82, 2.24) is 19.6 Å². The SMILES string of the molecule is O=C(O)CN1CCN(CC(=O)O)CCN(CC2=NC(CO)=CCC2)CCN(CC(=O)O)CC1. The zero-order chi connectivity index (χ0) is 24.2. The third kappa shape index (κ3) is 10.9. The molecule has 0 spiro atoms. The number of aliphatic imine (C=N–C) groups is 1. The molecule has 0 bridgehead atoms. The zero-order valence-electron chi connectivity index (χ0n) is 18.9. The van der Waals surface area contributed by atoms with E-state index in [-0.39, 0.29) is 26.2 Å². The van der Waals surface area contributed by atoms with Crippen LogP contribution in [0.1, 0.15) is 12.8 Å². The molecule has 12 nitrogen and oxygen atoms in total. The lowest BCUT2D eigenvalue weighted by atomic mass is 10.1. The first kappa shape index (κ1) is 26.9. The fraction of sp³-hybridized carbons (Fsp3) is 0.714. The van der Waals surface area contributed by atoms with Crippen molar-refractivity contribution < 1.29 is 34.8 Å². The number of carbonyl (C=O) groups is 3. The summed E-state index contributed by atoms with van der Waals surface area (Å²) in [5.41, 5.74) is 1.58. The lowest BCUT2D eigenvalue weighted by Gasteiger charge is -2.33. The number of aliphatic hydroxyl groups excluding tert-OH is 1. The monoisotopic (exact) mass is 469 g/mol. The normalized spacial score (nSPS) is 20.9. The van der Waals surface area contributed by atoms with E-state index in [4.69, 9.17) is 0 Å². The van der Waals surface area contributed by atoms with Gasteiger partial charge in [-0.25, -0.2) is 0 Å². The summed E-state index contributed by atoms with van der Waals surface area (Å²) in [7, 11) is 0. The van der Waals surface area contributed by atoms with Gasteiger partial charge >= 0.3 is 17.9 Å². The summed E-state index contributed by atoms with van der Waals surface area (Å²) in [6.07, 6.45) is 3.49. The summed E-state index contributed by atoms with van der Waals surface area (Å²) in [5, 5.41) is 37.2. The number of hydrogen-bond donors (Lipinski definition) is 4. The topological polar surface area (TPSA) is 157 Å². The number of aliphatic hydroxyl groups is 1. The van der Waals surface area contributed by atoms with Crippen molar-refractivity contribution in [2.75, 3.05) is 85.1 Å². The lowest BCUT2D eigenvalue weighted by Crippen LogP contribution is -2.49. The Bertz CT molecular complexity index is 711. The molecule has 0 amide bonds. The summed E-state index contributed by atoms with van der Waals surface area (Å²) in [6.45, 7) is 3.58. The number of hydrogen-bond acceptors (Lipinski definition) is 9. The smallest absolute Gasteiger partial charge is 0.317 e. The predicted molar refractivity (Wildman–Crippen MR) is 121 cm³/mol. The Labute approximate surface area is 193 Å². The lowest BCUT2D eigenvalue weighted by molar-refractivity contribution is -0.140. The first-order valence-electron chi connectivity index (χ1n) is 11.2. The first-order valence-corrected chi connectivity index (χ1v) is 11.2. The van der Waals surface area contributed by atoms with Crippen LogP contribution in [0.4, 0.5) is 0 Å². The van der Waals surface area contributed by atoms with Crippen LogP contribution < -0.4 is 0 Å². The van der Waals surface area contributed by atoms with E-state index in [1.54, 1.807) is 14.7 Å². The molecule has 0 unspecified atom stereocenters. The van der Waals surface area contributed by atoms with Gasteiger partial charge in [-0.3, -0.25) is 39.0 Å². The molecule has 186 valence electrons. The molecule has 33 heavy (non-hydrogen) atoms. The van der Waals surface area contributed by atoms with Gasteiger partial charge in [0.1, 0.15) is 0 Å². The molecule has 2 rings (SSSR count). The summed E-state index contributed by atoms with van der Waals surface area (Å²) >= 11 is 0. The van der Waals surface area contributed by atoms with Gasteiger partial charge in [0.15, 0.2) is 0 Å². The van der Waals surface area contributed by atoms with E-state index in [9.17, 15) is 34.8 Å². The minimum Gasteiger partial charge on any atom is -0.480 e. The minimum atomic E-state index is -0.979. The van der Waals surface area contributed by atoms with Crippen molar-refractivity contribution in [2.45, 2.75) is 12.8 Å². The van der Waals surface area contributed by atoms with Crippen LogP contribution in [0.5, 0.6) is 0 Å². The molecule has 1 saturated heterocycles. The Hall–Kier alpha value is -2.38. The maximum absolute atomic E-state index is 11.3. The Morgan fingerprint density at radius 2 is 1.12 bits per heavy atom. The predicted octanol–water partition coefficient (Wildman–Crippen LogP) is -1.43. The quantitative estimate of drug-likeness (QED) is 0.314. The highest BCUT2D eigenvalue weighted by Crippen LogP contribution is 2.12. The second kappa shape index (κ2) is 14.0. The van der Waals surface area contributed by atoms with E-state index < -0.39 is 17.9 Å². The fourth-order valence-electron chi connectivity index (χ4n) is 3.97. The molecule has 2 aliphatic rings. The molecule has 0 aliphatic carbocycles. The Morgan fingerprint density at radius 3 is 1.48 bits per heavy atom. The van der Waals surface area contributed by atoms with Crippen LogP contribution in [0, 0.1) is 0 Å². The van der Waals surface area contributed by atoms with Crippen molar-refractivity contribution in [3.8, 4) is 0 Å². The van der Waals surface area contributed by atoms with Gasteiger partial charge in [-0.2, -0.15) is 0 Å². The van der Waals surface area contributed by atoms with Crippen molar-refractivity contribution in [3.05, 3.63) is 11.8 Å². The number of carboxylic acid groups (broad SMARTS) is 3. The molecule has 0 saturated carbocycles. The van der Waals surface area contributed by atoms with Gasteiger partial charge in [0, 0.05) is 64.6 Å². The van der Waals surface area contributed by atoms with Crippen molar-refractivity contribution >= 4 is 23.6 Å². The van der Waals surface area contributed by atoms with Crippen LogP contribution in [0.3, 0.4) is 0 Å². The molecular formula is C21H35N5O7. The third-order valence-corrected chi connectivity index (χ3v) is 5.69. The molecule has 2 heterocycles. The van der Waals surface area contributed by atoms with Crippen LogP contribution in [-0.2, 0) is 14.4 Å². The summed E-state index contributed by atoms with van der Waals surface area (Å²) in [5.74, 6) is -2.87. The van der Waals surface area contributed by atoms with E-state index in [1.165, 1.54) is 0 Å². The third-order valence-electron chi connectivity index (χ3n) is 5.69. The van der Waals surface area contributed by atoms with Crippen LogP contribution in [0.25, 0.3) is 0 Å². The van der Waals surface area contributed by atoms with Gasteiger partial charge in [-0.05, 0) is 12.8 Å². The Kier molecular flexibility index (Phi) is 11.4. The van der Waals surface area contributed by atoms with Gasteiger partial charge in [0.05, 0.1) is 31.9 Å². The van der Waals surface area contributed by atoms with Crippen LogP contribution in [0.2, 0.25) is 0 Å². The van der Waals surface area contributed by atoms with E-state index in [1.807, 2.05) is 6.08 Å². The van der Waals surface area contributed by atoms with Gasteiger partial charge < -0.3 is 20.4 Å². The number of nitrogens with zero attached hydrogens (tertiary/aromatic N) is 5. The molecular weight excluding hydrogens is 434 g/mol. The molecule has 1 fully saturated rings. The van der Waals surface area contributed by atoms with E-state index in [0.717, 1.165) is 18.6 Å². The minimum absolute atomic E-state index is 0.116. The molecule has 0 aromatic rings. The molecule has 0 radical (unpaired) electrons. The van der Waals surface area contributed by atoms with Gasteiger partial charge in [-0.15, -0.1) is 0 Å². The van der Waals surface area contributed by atoms with Gasteiger partial charge in [0.2, 0.25) is 0 Å². The van der Waals surface area contributed by atoms with Crippen molar-refractivity contribution in [1.29, 1.82) is 0 Å². The highest BCUT2D eigenvalue weighted by Gasteiger charge is 2.21.